The summed E-state index contributed by atoms with van der Waals surface area (Å²) in [5.41, 5.74) is 3.98. The summed E-state index contributed by atoms with van der Waals surface area (Å²) >= 11 is 0. The maximum atomic E-state index is 12.0. The fraction of sp³-hybridized carbons (Fsp3) is 0.111. The lowest BCUT2D eigenvalue weighted by Crippen LogP contribution is -2.12. The molecule has 0 saturated heterocycles. The Labute approximate surface area is 129 Å². The Morgan fingerprint density at radius 3 is 2.45 bits per heavy atom. The number of aryl methyl sites for hydroxylation is 1. The molecule has 3 rings (SSSR count). The van der Waals surface area contributed by atoms with Crippen molar-refractivity contribution in [1.82, 2.24) is 10.2 Å². The van der Waals surface area contributed by atoms with Crippen LogP contribution in [0.25, 0.3) is 11.3 Å². The Kier molecular flexibility index (Phi) is 4.30. The number of nitrogens with one attached hydrogen (secondary N) is 2. The summed E-state index contributed by atoms with van der Waals surface area (Å²) in [5, 5.41) is 9.76. The number of anilines is 1. The standard InChI is InChI=1S/C18H17N3O/c22-18(11-6-14-4-2-1-3-5-14)20-16-9-7-15(8-10-16)17-12-13-19-21-17/h1-5,7-10,12-13H,6,11H2,(H,19,21)(H,20,22). The molecule has 0 radical (unpaired) electrons. The Bertz CT molecular complexity index is 719. The Hall–Kier alpha value is -2.88. The van der Waals surface area contributed by atoms with Crippen LogP contribution < -0.4 is 5.32 Å². The van der Waals surface area contributed by atoms with Crippen molar-refractivity contribution in [2.75, 3.05) is 5.32 Å². The van der Waals surface area contributed by atoms with Crippen molar-refractivity contribution in [2.24, 2.45) is 0 Å². The van der Waals surface area contributed by atoms with Gasteiger partial charge in [-0.05, 0) is 35.7 Å². The van der Waals surface area contributed by atoms with Gasteiger partial charge in [0, 0.05) is 18.3 Å². The third kappa shape index (κ3) is 3.61. The summed E-state index contributed by atoms with van der Waals surface area (Å²) < 4.78 is 0. The second-order valence-corrected chi connectivity index (χ2v) is 5.08. The lowest BCUT2D eigenvalue weighted by molar-refractivity contribution is -0.116. The average molecular weight is 291 g/mol. The van der Waals surface area contributed by atoms with Crippen molar-refractivity contribution in [3.05, 3.63) is 72.4 Å². The molecule has 22 heavy (non-hydrogen) atoms. The van der Waals surface area contributed by atoms with Crippen molar-refractivity contribution < 1.29 is 4.79 Å². The monoisotopic (exact) mass is 291 g/mol. The van der Waals surface area contributed by atoms with E-state index < -0.39 is 0 Å². The molecule has 0 aliphatic heterocycles. The topological polar surface area (TPSA) is 57.8 Å². The van der Waals surface area contributed by atoms with Crippen LogP contribution in [0, 0.1) is 0 Å². The number of aromatic amines is 1. The van der Waals surface area contributed by atoms with Gasteiger partial charge in [0.1, 0.15) is 0 Å². The summed E-state index contributed by atoms with van der Waals surface area (Å²) in [6.07, 6.45) is 2.94. The van der Waals surface area contributed by atoms with Crippen molar-refractivity contribution >= 4 is 11.6 Å². The van der Waals surface area contributed by atoms with E-state index in [1.807, 2.05) is 60.7 Å². The van der Waals surface area contributed by atoms with Crippen molar-refractivity contribution in [2.45, 2.75) is 12.8 Å². The first-order valence-electron chi connectivity index (χ1n) is 7.25. The molecule has 3 aromatic rings. The normalized spacial score (nSPS) is 10.4. The highest BCUT2D eigenvalue weighted by Gasteiger charge is 2.04. The van der Waals surface area contributed by atoms with Crippen molar-refractivity contribution in [3.8, 4) is 11.3 Å². The average Bonchev–Trinajstić information content (AvgIpc) is 3.09. The number of H-pyrrole nitrogens is 1. The van der Waals surface area contributed by atoms with E-state index in [-0.39, 0.29) is 5.91 Å². The van der Waals surface area contributed by atoms with Gasteiger partial charge >= 0.3 is 0 Å². The molecule has 2 aromatic carbocycles. The van der Waals surface area contributed by atoms with Crippen LogP contribution in [0.1, 0.15) is 12.0 Å². The number of aromatic nitrogens is 2. The van der Waals surface area contributed by atoms with Gasteiger partial charge in [-0.15, -0.1) is 0 Å². The van der Waals surface area contributed by atoms with Crippen LogP contribution in [0.4, 0.5) is 5.69 Å². The van der Waals surface area contributed by atoms with Gasteiger partial charge in [-0.3, -0.25) is 9.89 Å². The van der Waals surface area contributed by atoms with Gasteiger partial charge in [-0.25, -0.2) is 0 Å². The molecular weight excluding hydrogens is 274 g/mol. The third-order valence-electron chi connectivity index (χ3n) is 3.46. The van der Waals surface area contributed by atoms with E-state index in [0.29, 0.717) is 6.42 Å². The third-order valence-corrected chi connectivity index (χ3v) is 3.46. The maximum absolute atomic E-state index is 12.0. The van der Waals surface area contributed by atoms with Gasteiger partial charge in [0.15, 0.2) is 0 Å². The molecule has 0 unspecified atom stereocenters. The van der Waals surface area contributed by atoms with Crippen LogP contribution in [-0.2, 0) is 11.2 Å². The van der Waals surface area contributed by atoms with E-state index >= 15 is 0 Å². The van der Waals surface area contributed by atoms with Gasteiger partial charge in [-0.1, -0.05) is 42.5 Å². The second-order valence-electron chi connectivity index (χ2n) is 5.08. The summed E-state index contributed by atoms with van der Waals surface area (Å²) in [4.78, 5) is 12.0. The molecule has 0 aliphatic rings. The van der Waals surface area contributed by atoms with E-state index in [1.54, 1.807) is 6.20 Å². The van der Waals surface area contributed by atoms with E-state index in [9.17, 15) is 4.79 Å². The molecule has 0 spiro atoms. The molecule has 4 nitrogen and oxygen atoms in total. The van der Waals surface area contributed by atoms with Gasteiger partial charge in [0.25, 0.3) is 0 Å². The quantitative estimate of drug-likeness (QED) is 0.754. The van der Waals surface area contributed by atoms with E-state index in [1.165, 1.54) is 5.56 Å². The fourth-order valence-corrected chi connectivity index (χ4v) is 2.28. The highest BCUT2D eigenvalue weighted by Crippen LogP contribution is 2.19. The molecule has 2 N–H and O–H groups in total. The minimum atomic E-state index is 0.0261. The summed E-state index contributed by atoms with van der Waals surface area (Å²) in [6, 6.07) is 19.6. The predicted molar refractivity (Wildman–Crippen MR) is 87.4 cm³/mol. The molecule has 0 bridgehead atoms. The molecule has 1 amide bonds. The smallest absolute Gasteiger partial charge is 0.224 e. The maximum Gasteiger partial charge on any atom is 0.224 e. The van der Waals surface area contributed by atoms with E-state index in [4.69, 9.17) is 0 Å². The largest absolute Gasteiger partial charge is 0.326 e. The Morgan fingerprint density at radius 1 is 1.00 bits per heavy atom. The Morgan fingerprint density at radius 2 is 1.77 bits per heavy atom. The number of carbonyl (C=O) groups excluding carboxylic acids is 1. The molecule has 1 aromatic heterocycles. The van der Waals surface area contributed by atoms with Crippen LogP contribution >= 0.6 is 0 Å². The summed E-state index contributed by atoms with van der Waals surface area (Å²) in [5.74, 6) is 0.0261. The number of rotatable bonds is 5. The first kappa shape index (κ1) is 14.1. The van der Waals surface area contributed by atoms with Crippen LogP contribution in [0.3, 0.4) is 0 Å². The number of hydrogen-bond acceptors (Lipinski definition) is 2. The lowest BCUT2D eigenvalue weighted by atomic mass is 10.1. The number of amides is 1. The molecule has 1 heterocycles. The molecule has 0 aliphatic carbocycles. The van der Waals surface area contributed by atoms with Gasteiger partial charge in [0.2, 0.25) is 5.91 Å². The highest BCUT2D eigenvalue weighted by atomic mass is 16.1. The molecule has 0 atom stereocenters. The number of benzene rings is 2. The van der Waals surface area contributed by atoms with Crippen LogP contribution in [0.2, 0.25) is 0 Å². The summed E-state index contributed by atoms with van der Waals surface area (Å²) in [7, 11) is 0. The minimum Gasteiger partial charge on any atom is -0.326 e. The SMILES string of the molecule is O=C(CCc1ccccc1)Nc1ccc(-c2ccn[nH]2)cc1. The van der Waals surface area contributed by atoms with Gasteiger partial charge in [-0.2, -0.15) is 5.10 Å². The second kappa shape index (κ2) is 6.72. The van der Waals surface area contributed by atoms with Crippen LogP contribution in [0.5, 0.6) is 0 Å². The molecular formula is C18H17N3O. The first-order chi connectivity index (χ1) is 10.8. The molecule has 110 valence electrons. The molecule has 4 heteroatoms. The summed E-state index contributed by atoms with van der Waals surface area (Å²) in [6.45, 7) is 0. The molecule has 0 saturated carbocycles. The van der Waals surface area contributed by atoms with Gasteiger partial charge < -0.3 is 5.32 Å². The number of hydrogen-bond donors (Lipinski definition) is 2. The first-order valence-corrected chi connectivity index (χ1v) is 7.25. The zero-order valence-corrected chi connectivity index (χ0v) is 12.1. The van der Waals surface area contributed by atoms with Crippen LogP contribution in [0.15, 0.2) is 66.9 Å². The number of carbonyl (C=O) groups is 1. The zero-order valence-electron chi connectivity index (χ0n) is 12.1. The zero-order chi connectivity index (χ0) is 15.2. The van der Waals surface area contributed by atoms with E-state index in [2.05, 4.69) is 15.5 Å². The van der Waals surface area contributed by atoms with E-state index in [0.717, 1.165) is 23.4 Å². The molecule has 0 fully saturated rings. The Balaban J connectivity index is 1.55. The number of nitrogens with zero attached hydrogens (tertiary/aromatic N) is 1. The van der Waals surface area contributed by atoms with Crippen molar-refractivity contribution in [1.29, 1.82) is 0 Å². The predicted octanol–water partition coefficient (Wildman–Crippen LogP) is 3.65. The minimum absolute atomic E-state index is 0.0261. The van der Waals surface area contributed by atoms with Crippen LogP contribution in [-0.4, -0.2) is 16.1 Å². The fourth-order valence-electron chi connectivity index (χ4n) is 2.28. The van der Waals surface area contributed by atoms with Gasteiger partial charge in [0.05, 0.1) is 5.69 Å². The van der Waals surface area contributed by atoms with Crippen molar-refractivity contribution in [3.63, 3.8) is 0 Å². The lowest BCUT2D eigenvalue weighted by Gasteiger charge is -2.06. The highest BCUT2D eigenvalue weighted by molar-refractivity contribution is 5.91.